The number of morpholine rings is 1. The van der Waals surface area contributed by atoms with Crippen LogP contribution in [0.3, 0.4) is 0 Å². The van der Waals surface area contributed by atoms with Gasteiger partial charge in [0.05, 0.1) is 42.8 Å². The van der Waals surface area contributed by atoms with E-state index in [2.05, 4.69) is 31.1 Å². The van der Waals surface area contributed by atoms with Gasteiger partial charge < -0.3 is 14.4 Å². The molecular weight excluding hydrogens is 450 g/mol. The Morgan fingerprint density at radius 1 is 1.27 bits per heavy atom. The Bertz CT molecular complexity index is 1010. The Labute approximate surface area is 182 Å². The van der Waals surface area contributed by atoms with E-state index in [9.17, 15) is 4.79 Å². The van der Waals surface area contributed by atoms with Gasteiger partial charge in [-0.15, -0.1) is 0 Å². The molecule has 1 aliphatic heterocycles. The molecule has 9 heteroatoms. The van der Waals surface area contributed by atoms with Gasteiger partial charge in [-0.1, -0.05) is 11.6 Å². The van der Waals surface area contributed by atoms with E-state index in [0.29, 0.717) is 36.9 Å². The molecule has 0 N–H and O–H groups in total. The molecule has 3 aromatic rings. The van der Waals surface area contributed by atoms with Gasteiger partial charge in [0.2, 0.25) is 5.88 Å². The summed E-state index contributed by atoms with van der Waals surface area (Å²) in [6, 6.07) is 9.28. The van der Waals surface area contributed by atoms with Crippen molar-refractivity contribution in [3.8, 4) is 11.6 Å². The molecule has 1 saturated heterocycles. The molecule has 156 valence electrons. The van der Waals surface area contributed by atoms with Crippen LogP contribution in [0.15, 0.2) is 53.4 Å². The van der Waals surface area contributed by atoms with Crippen molar-refractivity contribution in [2.24, 2.45) is 0 Å². The van der Waals surface area contributed by atoms with Crippen molar-refractivity contribution in [2.45, 2.75) is 26.0 Å². The number of rotatable bonds is 5. The topological polar surface area (TPSA) is 82.4 Å². The molecule has 0 bridgehead atoms. The number of aromatic nitrogens is 4. The first-order chi connectivity index (χ1) is 14.5. The summed E-state index contributed by atoms with van der Waals surface area (Å²) in [6.45, 7) is 5.12. The van der Waals surface area contributed by atoms with Crippen molar-refractivity contribution in [2.75, 3.05) is 19.8 Å². The molecule has 3 heterocycles. The number of benzene rings is 1. The molecule has 0 aliphatic carbocycles. The second-order valence-electron chi connectivity index (χ2n) is 7.23. The lowest BCUT2D eigenvalue weighted by Gasteiger charge is -2.38. The Morgan fingerprint density at radius 2 is 2.07 bits per heavy atom. The highest BCUT2D eigenvalue weighted by atomic mass is 79.9. The molecule has 0 radical (unpaired) electrons. The Kier molecular flexibility index (Phi) is 6.10. The molecule has 1 fully saturated rings. The standard InChI is InChI=1S/C21H22BrN5O3/c1-14-3-5-19(27-24-7-8-25-27)18(9-14)21(28)26-11-17(29-12-15(26)2)13-30-20-6-4-16(22)10-23-20/h3-10,15,17H,11-13H2,1-2H3. The highest BCUT2D eigenvalue weighted by Gasteiger charge is 2.32. The van der Waals surface area contributed by atoms with Crippen LogP contribution in [0.1, 0.15) is 22.8 Å². The molecule has 0 spiro atoms. The summed E-state index contributed by atoms with van der Waals surface area (Å²) in [5.74, 6) is 0.442. The van der Waals surface area contributed by atoms with Crippen LogP contribution in [0.2, 0.25) is 0 Å². The Hall–Kier alpha value is -2.78. The van der Waals surface area contributed by atoms with Crippen molar-refractivity contribution < 1.29 is 14.3 Å². The number of ether oxygens (including phenoxy) is 2. The van der Waals surface area contributed by atoms with Gasteiger partial charge in [-0.25, -0.2) is 4.98 Å². The minimum absolute atomic E-state index is 0.0569. The fraction of sp³-hybridized carbons (Fsp3) is 0.333. The molecule has 2 aromatic heterocycles. The summed E-state index contributed by atoms with van der Waals surface area (Å²) < 4.78 is 12.5. The molecule has 1 amide bonds. The molecule has 1 aliphatic rings. The summed E-state index contributed by atoms with van der Waals surface area (Å²) in [6.07, 6.45) is 4.62. The van der Waals surface area contributed by atoms with Gasteiger partial charge in [0, 0.05) is 16.7 Å². The van der Waals surface area contributed by atoms with E-state index in [1.165, 1.54) is 4.80 Å². The maximum atomic E-state index is 13.5. The van der Waals surface area contributed by atoms with Crippen LogP contribution in [-0.4, -0.2) is 62.7 Å². The molecule has 2 unspecified atom stereocenters. The van der Waals surface area contributed by atoms with Gasteiger partial charge in [0.1, 0.15) is 12.7 Å². The maximum Gasteiger partial charge on any atom is 0.256 e. The lowest BCUT2D eigenvalue weighted by molar-refractivity contribution is -0.0632. The minimum atomic E-state index is -0.244. The van der Waals surface area contributed by atoms with E-state index in [1.807, 2.05) is 43.0 Å². The number of carbonyl (C=O) groups excluding carboxylic acids is 1. The van der Waals surface area contributed by atoms with Crippen molar-refractivity contribution in [3.63, 3.8) is 0 Å². The fourth-order valence-electron chi connectivity index (χ4n) is 3.32. The second-order valence-corrected chi connectivity index (χ2v) is 8.14. The molecule has 4 rings (SSSR count). The van der Waals surface area contributed by atoms with Crippen LogP contribution in [0, 0.1) is 6.92 Å². The van der Waals surface area contributed by atoms with Gasteiger partial charge in [-0.05, 0) is 48.0 Å². The fourth-order valence-corrected chi connectivity index (χ4v) is 3.55. The third-order valence-electron chi connectivity index (χ3n) is 4.90. The average molecular weight is 472 g/mol. The first kappa shape index (κ1) is 20.5. The van der Waals surface area contributed by atoms with E-state index in [0.717, 1.165) is 10.0 Å². The quantitative estimate of drug-likeness (QED) is 0.568. The van der Waals surface area contributed by atoms with Gasteiger partial charge in [-0.2, -0.15) is 15.0 Å². The van der Waals surface area contributed by atoms with Crippen molar-refractivity contribution >= 4 is 21.8 Å². The SMILES string of the molecule is Cc1ccc(-n2nccn2)c(C(=O)N2CC(COc3ccc(Br)cn3)OCC2C)c1. The largest absolute Gasteiger partial charge is 0.475 e. The summed E-state index contributed by atoms with van der Waals surface area (Å²) in [5, 5.41) is 8.37. The maximum absolute atomic E-state index is 13.5. The number of carbonyl (C=O) groups is 1. The smallest absolute Gasteiger partial charge is 0.256 e. The number of hydrogen-bond donors (Lipinski definition) is 0. The number of pyridine rings is 1. The molecule has 0 saturated carbocycles. The normalized spacial score (nSPS) is 19.0. The number of aryl methyl sites for hydroxylation is 1. The van der Waals surface area contributed by atoms with Crippen molar-refractivity contribution in [1.82, 2.24) is 24.9 Å². The Balaban J connectivity index is 1.50. The first-order valence-electron chi connectivity index (χ1n) is 9.65. The van der Waals surface area contributed by atoms with Crippen LogP contribution in [0.4, 0.5) is 0 Å². The van der Waals surface area contributed by atoms with Crippen molar-refractivity contribution in [3.05, 3.63) is 64.5 Å². The summed E-state index contributed by atoms with van der Waals surface area (Å²) in [4.78, 5) is 21.0. The van der Waals surface area contributed by atoms with Crippen LogP contribution in [-0.2, 0) is 4.74 Å². The third kappa shape index (κ3) is 4.52. The Morgan fingerprint density at radius 3 is 2.80 bits per heavy atom. The van der Waals surface area contributed by atoms with E-state index < -0.39 is 0 Å². The summed E-state index contributed by atoms with van der Waals surface area (Å²) in [5.41, 5.74) is 2.21. The zero-order valence-corrected chi connectivity index (χ0v) is 18.3. The van der Waals surface area contributed by atoms with Gasteiger partial charge in [-0.3, -0.25) is 4.79 Å². The predicted octanol–water partition coefficient (Wildman–Crippen LogP) is 3.04. The summed E-state index contributed by atoms with van der Waals surface area (Å²) in [7, 11) is 0. The van der Waals surface area contributed by atoms with Gasteiger partial charge in [0.25, 0.3) is 5.91 Å². The number of hydrogen-bond acceptors (Lipinski definition) is 6. The van der Waals surface area contributed by atoms with E-state index in [-0.39, 0.29) is 18.1 Å². The lowest BCUT2D eigenvalue weighted by Crippen LogP contribution is -2.52. The number of amides is 1. The molecular formula is C21H22BrN5O3. The predicted molar refractivity (Wildman–Crippen MR) is 114 cm³/mol. The monoisotopic (exact) mass is 471 g/mol. The molecule has 8 nitrogen and oxygen atoms in total. The van der Waals surface area contributed by atoms with Crippen LogP contribution >= 0.6 is 15.9 Å². The van der Waals surface area contributed by atoms with Crippen LogP contribution in [0.25, 0.3) is 5.69 Å². The number of nitrogens with zero attached hydrogens (tertiary/aromatic N) is 5. The highest BCUT2D eigenvalue weighted by molar-refractivity contribution is 9.10. The number of halogens is 1. The van der Waals surface area contributed by atoms with Crippen LogP contribution in [0.5, 0.6) is 5.88 Å². The van der Waals surface area contributed by atoms with Gasteiger partial charge >= 0.3 is 0 Å². The van der Waals surface area contributed by atoms with E-state index in [4.69, 9.17) is 9.47 Å². The first-order valence-corrected chi connectivity index (χ1v) is 10.4. The highest BCUT2D eigenvalue weighted by Crippen LogP contribution is 2.22. The lowest BCUT2D eigenvalue weighted by atomic mass is 10.1. The third-order valence-corrected chi connectivity index (χ3v) is 5.37. The van der Waals surface area contributed by atoms with E-state index >= 15 is 0 Å². The average Bonchev–Trinajstić information content (AvgIpc) is 3.28. The zero-order valence-electron chi connectivity index (χ0n) is 16.7. The minimum Gasteiger partial charge on any atom is -0.475 e. The van der Waals surface area contributed by atoms with Crippen molar-refractivity contribution in [1.29, 1.82) is 0 Å². The molecule has 30 heavy (non-hydrogen) atoms. The van der Waals surface area contributed by atoms with E-state index in [1.54, 1.807) is 24.7 Å². The van der Waals surface area contributed by atoms with Gasteiger partial charge in [0.15, 0.2) is 0 Å². The second kappa shape index (κ2) is 8.93. The molecule has 2 atom stereocenters. The summed E-state index contributed by atoms with van der Waals surface area (Å²) >= 11 is 3.35. The molecule has 1 aromatic carbocycles. The van der Waals surface area contributed by atoms with Crippen LogP contribution < -0.4 is 4.74 Å². The zero-order chi connectivity index (χ0) is 21.1.